The fourth-order valence-corrected chi connectivity index (χ4v) is 2.83. The molecular weight excluding hydrogens is 298 g/mol. The predicted molar refractivity (Wildman–Crippen MR) is 62.8 cm³/mol. The molecule has 21 heavy (non-hydrogen) atoms. The first-order chi connectivity index (χ1) is 9.71. The zero-order valence-corrected chi connectivity index (χ0v) is 10.9. The molecule has 1 aliphatic carbocycles. The van der Waals surface area contributed by atoms with Gasteiger partial charge in [0.05, 0.1) is 12.0 Å². The van der Waals surface area contributed by atoms with Gasteiger partial charge in [0.1, 0.15) is 0 Å². The van der Waals surface area contributed by atoms with Crippen LogP contribution in [0, 0.1) is 29.3 Å². The van der Waals surface area contributed by atoms with Crippen LogP contribution in [0.25, 0.3) is 0 Å². The lowest BCUT2D eigenvalue weighted by atomic mass is 9.77. The molecule has 1 saturated carbocycles. The van der Waals surface area contributed by atoms with E-state index >= 15 is 0 Å². The van der Waals surface area contributed by atoms with Crippen LogP contribution in [0.1, 0.15) is 37.4 Å². The summed E-state index contributed by atoms with van der Waals surface area (Å²) in [5.74, 6) is -7.06. The highest BCUT2D eigenvalue weighted by Crippen LogP contribution is 2.44. The number of halogens is 6. The van der Waals surface area contributed by atoms with Gasteiger partial charge in [-0.25, -0.2) is 13.2 Å². The first kappa shape index (κ1) is 16.1. The van der Waals surface area contributed by atoms with Crippen molar-refractivity contribution in [2.75, 3.05) is 0 Å². The molecule has 0 heterocycles. The van der Waals surface area contributed by atoms with E-state index in [9.17, 15) is 31.4 Å². The minimum atomic E-state index is -4.37. The number of aliphatic hydroxyl groups excluding tert-OH is 1. The van der Waals surface area contributed by atoms with Crippen LogP contribution >= 0.6 is 0 Å². The third-order valence-electron chi connectivity index (χ3n) is 4.01. The molecule has 0 bridgehead atoms. The third-order valence-corrected chi connectivity index (χ3v) is 4.01. The van der Waals surface area contributed by atoms with Gasteiger partial charge in [-0.2, -0.15) is 13.2 Å². The van der Waals surface area contributed by atoms with Gasteiger partial charge in [0, 0.05) is 5.56 Å². The van der Waals surface area contributed by atoms with Crippen LogP contribution in [-0.4, -0.2) is 11.3 Å². The summed E-state index contributed by atoms with van der Waals surface area (Å²) in [4.78, 5) is 0. The van der Waals surface area contributed by atoms with Crippen molar-refractivity contribution in [1.29, 1.82) is 0 Å². The SMILES string of the molecule is OC(c1ccc(F)c(F)c1F)C1CCCC(C(F)(F)F)C1. The standard InChI is InChI=1S/C14H14F6O/c15-10-5-4-9(11(16)12(10)17)13(21)7-2-1-3-8(6-7)14(18,19)20/h4-5,7-8,13,21H,1-3,6H2. The highest BCUT2D eigenvalue weighted by atomic mass is 19.4. The number of hydrogen-bond donors (Lipinski definition) is 1. The summed E-state index contributed by atoms with van der Waals surface area (Å²) in [5, 5.41) is 10.0. The average molecular weight is 312 g/mol. The molecule has 0 aromatic heterocycles. The molecule has 1 N–H and O–H groups in total. The Balaban J connectivity index is 2.20. The largest absolute Gasteiger partial charge is 0.391 e. The molecule has 1 nitrogen and oxygen atoms in total. The zero-order valence-electron chi connectivity index (χ0n) is 10.9. The quantitative estimate of drug-likeness (QED) is 0.629. The molecule has 0 amide bonds. The first-order valence-electron chi connectivity index (χ1n) is 6.60. The topological polar surface area (TPSA) is 20.2 Å². The van der Waals surface area contributed by atoms with Gasteiger partial charge in [-0.15, -0.1) is 0 Å². The lowest BCUT2D eigenvalue weighted by Gasteiger charge is -2.33. The minimum Gasteiger partial charge on any atom is -0.388 e. The van der Waals surface area contributed by atoms with Gasteiger partial charge in [0.15, 0.2) is 17.5 Å². The van der Waals surface area contributed by atoms with Gasteiger partial charge >= 0.3 is 6.18 Å². The Morgan fingerprint density at radius 2 is 1.71 bits per heavy atom. The monoisotopic (exact) mass is 312 g/mol. The summed E-state index contributed by atoms with van der Waals surface area (Å²) in [5.41, 5.74) is -0.498. The second kappa shape index (κ2) is 5.87. The summed E-state index contributed by atoms with van der Waals surface area (Å²) in [6.45, 7) is 0. The molecule has 0 saturated heterocycles. The van der Waals surface area contributed by atoms with Crippen LogP contribution in [0.4, 0.5) is 26.3 Å². The fraction of sp³-hybridized carbons (Fsp3) is 0.571. The molecule has 1 aliphatic rings. The highest BCUT2D eigenvalue weighted by molar-refractivity contribution is 5.23. The number of rotatable bonds is 2. The van der Waals surface area contributed by atoms with Crippen molar-refractivity contribution in [3.05, 3.63) is 35.1 Å². The van der Waals surface area contributed by atoms with Gasteiger partial charge in [0.25, 0.3) is 0 Å². The highest BCUT2D eigenvalue weighted by Gasteiger charge is 2.44. The van der Waals surface area contributed by atoms with Gasteiger partial charge in [-0.3, -0.25) is 0 Å². The molecule has 2 rings (SSSR count). The van der Waals surface area contributed by atoms with E-state index in [2.05, 4.69) is 0 Å². The van der Waals surface area contributed by atoms with Crippen molar-refractivity contribution in [3.8, 4) is 0 Å². The number of alkyl halides is 3. The Morgan fingerprint density at radius 3 is 2.33 bits per heavy atom. The Hall–Kier alpha value is -1.24. The third kappa shape index (κ3) is 3.33. The van der Waals surface area contributed by atoms with Gasteiger partial charge in [-0.1, -0.05) is 12.5 Å². The van der Waals surface area contributed by atoms with Crippen LogP contribution in [0.5, 0.6) is 0 Å². The lowest BCUT2D eigenvalue weighted by molar-refractivity contribution is -0.189. The molecule has 7 heteroatoms. The molecule has 0 radical (unpaired) electrons. The molecule has 1 fully saturated rings. The zero-order chi connectivity index (χ0) is 15.8. The maximum Gasteiger partial charge on any atom is 0.391 e. The van der Waals surface area contributed by atoms with E-state index in [-0.39, 0.29) is 25.7 Å². The van der Waals surface area contributed by atoms with Gasteiger partial charge < -0.3 is 5.11 Å². The Kier molecular flexibility index (Phi) is 4.51. The average Bonchev–Trinajstić information content (AvgIpc) is 2.43. The van der Waals surface area contributed by atoms with Crippen molar-refractivity contribution in [1.82, 2.24) is 0 Å². The Morgan fingerprint density at radius 1 is 1.05 bits per heavy atom. The summed E-state index contributed by atoms with van der Waals surface area (Å²) in [7, 11) is 0. The number of benzene rings is 1. The van der Waals surface area contributed by atoms with E-state index in [1.807, 2.05) is 0 Å². The summed E-state index contributed by atoms with van der Waals surface area (Å²) >= 11 is 0. The summed E-state index contributed by atoms with van der Waals surface area (Å²) in [6.07, 6.45) is -5.80. The van der Waals surface area contributed by atoms with E-state index < -0.39 is 47.1 Å². The molecule has 0 aliphatic heterocycles. The second-order valence-corrected chi connectivity index (χ2v) is 5.37. The van der Waals surface area contributed by atoms with Crippen molar-refractivity contribution < 1.29 is 31.4 Å². The number of aliphatic hydroxyl groups is 1. The molecule has 118 valence electrons. The first-order valence-corrected chi connectivity index (χ1v) is 6.60. The molecule has 1 aromatic rings. The van der Waals surface area contributed by atoms with Crippen LogP contribution in [0.15, 0.2) is 12.1 Å². The van der Waals surface area contributed by atoms with Crippen LogP contribution in [-0.2, 0) is 0 Å². The minimum absolute atomic E-state index is 0.0347. The normalized spacial score (nSPS) is 24.9. The van der Waals surface area contributed by atoms with Crippen molar-refractivity contribution in [2.45, 2.75) is 38.0 Å². The van der Waals surface area contributed by atoms with Crippen molar-refractivity contribution >= 4 is 0 Å². The molecule has 3 atom stereocenters. The predicted octanol–water partition coefficient (Wildman–Crippen LogP) is 4.51. The van der Waals surface area contributed by atoms with Crippen molar-refractivity contribution in [3.63, 3.8) is 0 Å². The van der Waals surface area contributed by atoms with E-state index in [1.54, 1.807) is 0 Å². The van der Waals surface area contributed by atoms with Gasteiger partial charge in [0.2, 0.25) is 0 Å². The molecule has 0 spiro atoms. The molecule has 1 aromatic carbocycles. The van der Waals surface area contributed by atoms with E-state index in [4.69, 9.17) is 0 Å². The summed E-state index contributed by atoms with van der Waals surface area (Å²) < 4.78 is 77.7. The smallest absolute Gasteiger partial charge is 0.388 e. The van der Waals surface area contributed by atoms with E-state index in [0.29, 0.717) is 6.07 Å². The number of hydrogen-bond acceptors (Lipinski definition) is 1. The molecule has 3 unspecified atom stereocenters. The van der Waals surface area contributed by atoms with Crippen molar-refractivity contribution in [2.24, 2.45) is 11.8 Å². The van der Waals surface area contributed by atoms with E-state index in [0.717, 1.165) is 6.07 Å². The fourth-order valence-electron chi connectivity index (χ4n) is 2.83. The van der Waals surface area contributed by atoms with Crippen LogP contribution < -0.4 is 0 Å². The lowest BCUT2D eigenvalue weighted by Crippen LogP contribution is -2.31. The van der Waals surface area contributed by atoms with Gasteiger partial charge in [-0.05, 0) is 31.2 Å². The van der Waals surface area contributed by atoms with Crippen LogP contribution in [0.2, 0.25) is 0 Å². The second-order valence-electron chi connectivity index (χ2n) is 5.37. The maximum absolute atomic E-state index is 13.6. The van der Waals surface area contributed by atoms with Crippen LogP contribution in [0.3, 0.4) is 0 Å². The van der Waals surface area contributed by atoms with E-state index in [1.165, 1.54) is 0 Å². The maximum atomic E-state index is 13.6. The summed E-state index contributed by atoms with van der Waals surface area (Å²) in [6, 6.07) is 1.52. The Bertz CT molecular complexity index is 513. The Labute approximate surface area is 117 Å². The molecular formula is C14H14F6O.